The highest BCUT2D eigenvalue weighted by Crippen LogP contribution is 2.23. The van der Waals surface area contributed by atoms with E-state index in [0.29, 0.717) is 6.54 Å². The Bertz CT molecular complexity index is 665. The van der Waals surface area contributed by atoms with E-state index in [1.54, 1.807) is 11.8 Å². The number of nitro groups is 1. The quantitative estimate of drug-likeness (QED) is 0.665. The van der Waals surface area contributed by atoms with Gasteiger partial charge < -0.3 is 10.2 Å². The summed E-state index contributed by atoms with van der Waals surface area (Å²) in [5, 5.41) is 13.3. The summed E-state index contributed by atoms with van der Waals surface area (Å²) in [4.78, 5) is 36.7. The molecule has 8 heteroatoms. The highest BCUT2D eigenvalue weighted by Gasteiger charge is 2.28. The maximum atomic E-state index is 12.5. The fourth-order valence-corrected chi connectivity index (χ4v) is 3.07. The number of rotatable bonds is 4. The van der Waals surface area contributed by atoms with Gasteiger partial charge >= 0.3 is 0 Å². The van der Waals surface area contributed by atoms with Crippen LogP contribution in [0.2, 0.25) is 5.02 Å². The van der Waals surface area contributed by atoms with E-state index in [0.717, 1.165) is 25.3 Å². The fraction of sp³-hybridized carbons (Fsp3) is 0.500. The molecule has 1 saturated heterocycles. The molecule has 1 fully saturated rings. The molecular formula is C16H20ClN3O4. The predicted molar refractivity (Wildman–Crippen MR) is 90.1 cm³/mol. The third kappa shape index (κ3) is 4.03. The van der Waals surface area contributed by atoms with Crippen LogP contribution in [0.5, 0.6) is 0 Å². The Kier molecular flexibility index (Phi) is 5.77. The standard InChI is InChI=1S/C16H20ClN3O4/c1-10-5-3-4-8-19(10)16(22)11(2)18-15(21)13-7-6-12(20(23)24)9-14(13)17/h6-7,9-11H,3-5,8H2,1-2H3,(H,18,21). The molecule has 2 amide bonds. The van der Waals surface area contributed by atoms with E-state index in [2.05, 4.69) is 5.32 Å². The van der Waals surface area contributed by atoms with Crippen LogP contribution in [0.25, 0.3) is 0 Å². The summed E-state index contributed by atoms with van der Waals surface area (Å²) in [6.45, 7) is 4.32. The zero-order valence-electron chi connectivity index (χ0n) is 13.6. The number of non-ortho nitro benzene ring substituents is 1. The molecule has 0 bridgehead atoms. The minimum Gasteiger partial charge on any atom is -0.340 e. The molecule has 24 heavy (non-hydrogen) atoms. The van der Waals surface area contributed by atoms with E-state index >= 15 is 0 Å². The number of nitrogens with one attached hydrogen (secondary N) is 1. The zero-order valence-corrected chi connectivity index (χ0v) is 14.4. The number of carbonyl (C=O) groups is 2. The molecule has 1 heterocycles. The van der Waals surface area contributed by atoms with E-state index in [9.17, 15) is 19.7 Å². The van der Waals surface area contributed by atoms with Crippen LogP contribution in [0.4, 0.5) is 5.69 Å². The van der Waals surface area contributed by atoms with Crippen LogP contribution in [-0.2, 0) is 4.79 Å². The lowest BCUT2D eigenvalue weighted by Gasteiger charge is -2.35. The van der Waals surface area contributed by atoms with Gasteiger partial charge in [-0.15, -0.1) is 0 Å². The smallest absolute Gasteiger partial charge is 0.270 e. The van der Waals surface area contributed by atoms with Gasteiger partial charge in [-0.3, -0.25) is 19.7 Å². The summed E-state index contributed by atoms with van der Waals surface area (Å²) >= 11 is 5.94. The predicted octanol–water partition coefficient (Wildman–Crippen LogP) is 2.77. The molecule has 0 aliphatic carbocycles. The molecule has 1 N–H and O–H groups in total. The summed E-state index contributed by atoms with van der Waals surface area (Å²) in [7, 11) is 0. The van der Waals surface area contributed by atoms with Crippen LogP contribution in [-0.4, -0.2) is 40.3 Å². The molecule has 2 unspecified atom stereocenters. The van der Waals surface area contributed by atoms with Gasteiger partial charge in [0.05, 0.1) is 15.5 Å². The van der Waals surface area contributed by atoms with E-state index in [1.165, 1.54) is 12.1 Å². The van der Waals surface area contributed by atoms with E-state index in [4.69, 9.17) is 11.6 Å². The molecule has 2 rings (SSSR count). The van der Waals surface area contributed by atoms with Crippen molar-refractivity contribution in [3.05, 3.63) is 38.9 Å². The van der Waals surface area contributed by atoms with Crippen LogP contribution in [0.3, 0.4) is 0 Å². The minimum atomic E-state index is -0.690. The maximum Gasteiger partial charge on any atom is 0.270 e. The first-order valence-electron chi connectivity index (χ1n) is 7.86. The second-order valence-corrected chi connectivity index (χ2v) is 6.40. The van der Waals surface area contributed by atoms with Crippen molar-refractivity contribution in [1.82, 2.24) is 10.2 Å². The lowest BCUT2D eigenvalue weighted by molar-refractivity contribution is -0.384. The van der Waals surface area contributed by atoms with E-state index in [-0.39, 0.29) is 28.2 Å². The Hall–Kier alpha value is -2.15. The number of hydrogen-bond donors (Lipinski definition) is 1. The molecule has 0 aromatic heterocycles. The Morgan fingerprint density at radius 3 is 2.71 bits per heavy atom. The highest BCUT2D eigenvalue weighted by atomic mass is 35.5. The largest absolute Gasteiger partial charge is 0.340 e. The molecule has 0 radical (unpaired) electrons. The van der Waals surface area contributed by atoms with Gasteiger partial charge in [-0.05, 0) is 39.2 Å². The molecule has 1 aliphatic rings. The first-order valence-corrected chi connectivity index (χ1v) is 8.24. The maximum absolute atomic E-state index is 12.5. The molecular weight excluding hydrogens is 334 g/mol. The van der Waals surface area contributed by atoms with Gasteiger partial charge in [-0.1, -0.05) is 11.6 Å². The third-order valence-electron chi connectivity index (χ3n) is 4.21. The van der Waals surface area contributed by atoms with Crippen molar-refractivity contribution in [3.8, 4) is 0 Å². The van der Waals surface area contributed by atoms with Crippen LogP contribution in [0, 0.1) is 10.1 Å². The molecule has 0 saturated carbocycles. The third-order valence-corrected chi connectivity index (χ3v) is 4.52. The minimum absolute atomic E-state index is 0.0207. The van der Waals surface area contributed by atoms with Gasteiger partial charge in [0.25, 0.3) is 11.6 Å². The average molecular weight is 354 g/mol. The van der Waals surface area contributed by atoms with Gasteiger partial charge in [-0.2, -0.15) is 0 Å². The van der Waals surface area contributed by atoms with Crippen molar-refractivity contribution in [2.75, 3.05) is 6.54 Å². The number of piperidine rings is 1. The monoisotopic (exact) mass is 353 g/mol. The van der Waals surface area contributed by atoms with Crippen LogP contribution in [0.1, 0.15) is 43.5 Å². The van der Waals surface area contributed by atoms with Gasteiger partial charge in [0, 0.05) is 24.7 Å². The molecule has 0 spiro atoms. The normalized spacial score (nSPS) is 18.8. The van der Waals surface area contributed by atoms with Crippen molar-refractivity contribution in [1.29, 1.82) is 0 Å². The van der Waals surface area contributed by atoms with Crippen molar-refractivity contribution >= 4 is 29.1 Å². The average Bonchev–Trinajstić information content (AvgIpc) is 2.54. The van der Waals surface area contributed by atoms with Crippen LogP contribution >= 0.6 is 11.6 Å². The van der Waals surface area contributed by atoms with Crippen LogP contribution < -0.4 is 5.32 Å². The molecule has 130 valence electrons. The first kappa shape index (κ1) is 18.2. The van der Waals surface area contributed by atoms with Crippen molar-refractivity contribution in [2.45, 2.75) is 45.2 Å². The molecule has 2 atom stereocenters. The second kappa shape index (κ2) is 7.61. The van der Waals surface area contributed by atoms with Crippen molar-refractivity contribution in [3.63, 3.8) is 0 Å². The van der Waals surface area contributed by atoms with Crippen molar-refractivity contribution in [2.24, 2.45) is 0 Å². The number of hydrogen-bond acceptors (Lipinski definition) is 4. The number of nitro benzene ring substituents is 1. The Labute approximate surface area is 145 Å². The number of amides is 2. The number of benzene rings is 1. The number of nitrogens with zero attached hydrogens (tertiary/aromatic N) is 2. The Morgan fingerprint density at radius 2 is 2.12 bits per heavy atom. The van der Waals surface area contributed by atoms with E-state index in [1.807, 2.05) is 6.92 Å². The summed E-state index contributed by atoms with van der Waals surface area (Å²) in [5.74, 6) is -0.658. The fourth-order valence-electron chi connectivity index (χ4n) is 2.81. The lowest BCUT2D eigenvalue weighted by Crippen LogP contribution is -2.51. The van der Waals surface area contributed by atoms with E-state index < -0.39 is 16.9 Å². The first-order chi connectivity index (χ1) is 11.3. The zero-order chi connectivity index (χ0) is 17.9. The number of likely N-dealkylation sites (tertiary alicyclic amines) is 1. The van der Waals surface area contributed by atoms with Gasteiger partial charge in [0.2, 0.25) is 5.91 Å². The Balaban J connectivity index is 2.05. The summed E-state index contributed by atoms with van der Waals surface area (Å²) in [6, 6.07) is 3.09. The molecule has 7 nitrogen and oxygen atoms in total. The summed E-state index contributed by atoms with van der Waals surface area (Å²) in [6.07, 6.45) is 3.02. The molecule has 1 aliphatic heterocycles. The van der Waals surface area contributed by atoms with Gasteiger partial charge in [-0.25, -0.2) is 0 Å². The van der Waals surface area contributed by atoms with Crippen LogP contribution in [0.15, 0.2) is 18.2 Å². The topological polar surface area (TPSA) is 92.5 Å². The lowest BCUT2D eigenvalue weighted by atomic mass is 10.0. The summed E-state index contributed by atoms with van der Waals surface area (Å²) in [5.41, 5.74) is -0.0866. The SMILES string of the molecule is CC(NC(=O)c1ccc([N+](=O)[O-])cc1Cl)C(=O)N1CCCCC1C. The second-order valence-electron chi connectivity index (χ2n) is 5.99. The molecule has 1 aromatic carbocycles. The number of carbonyl (C=O) groups excluding carboxylic acids is 2. The highest BCUT2D eigenvalue weighted by molar-refractivity contribution is 6.34. The number of halogens is 1. The van der Waals surface area contributed by atoms with Gasteiger partial charge in [0.15, 0.2) is 0 Å². The summed E-state index contributed by atoms with van der Waals surface area (Å²) < 4.78 is 0. The Morgan fingerprint density at radius 1 is 1.42 bits per heavy atom. The molecule has 1 aromatic rings. The van der Waals surface area contributed by atoms with Crippen molar-refractivity contribution < 1.29 is 14.5 Å². The van der Waals surface area contributed by atoms with Gasteiger partial charge in [0.1, 0.15) is 6.04 Å².